The van der Waals surface area contributed by atoms with Gasteiger partial charge in [-0.2, -0.15) is 27.1 Å². The van der Waals surface area contributed by atoms with E-state index in [9.17, 15) is 25.9 Å². The summed E-state index contributed by atoms with van der Waals surface area (Å²) in [5, 5.41) is 15.8. The molecule has 0 spiro atoms. The molecule has 0 aliphatic rings. The van der Waals surface area contributed by atoms with Crippen LogP contribution in [0.15, 0.2) is 78.8 Å². The summed E-state index contributed by atoms with van der Waals surface area (Å²) in [6.45, 7) is 3.67. The zero-order chi connectivity index (χ0) is 25.3. The predicted molar refractivity (Wildman–Crippen MR) is 126 cm³/mol. The van der Waals surface area contributed by atoms with E-state index < -0.39 is 35.7 Å². The van der Waals surface area contributed by atoms with Gasteiger partial charge in [0.1, 0.15) is 16.3 Å². The van der Waals surface area contributed by atoms with E-state index >= 15 is 0 Å². The zero-order valence-corrected chi connectivity index (χ0v) is 19.5. The van der Waals surface area contributed by atoms with Crippen LogP contribution in [-0.4, -0.2) is 25.9 Å². The van der Waals surface area contributed by atoms with E-state index in [-0.39, 0.29) is 22.7 Å². The summed E-state index contributed by atoms with van der Waals surface area (Å²) < 4.78 is 65.2. The number of hydrogen-bond donors (Lipinski definition) is 4. The molecule has 0 radical (unpaired) electrons. The third-order valence-electron chi connectivity index (χ3n) is 4.61. The van der Waals surface area contributed by atoms with Crippen LogP contribution in [0.1, 0.15) is 11.1 Å². The van der Waals surface area contributed by atoms with Gasteiger partial charge in [0.25, 0.3) is 20.2 Å². The van der Waals surface area contributed by atoms with E-state index in [4.69, 9.17) is 11.5 Å². The second kappa shape index (κ2) is 9.26. The Bertz CT molecular complexity index is 1550. The smallest absolute Gasteiger partial charge is 0.296 e. The predicted octanol–water partition coefficient (Wildman–Crippen LogP) is 4.79. The number of rotatable bonds is 6. The Morgan fingerprint density at radius 2 is 1.41 bits per heavy atom. The van der Waals surface area contributed by atoms with Crippen LogP contribution in [0.4, 0.5) is 34.1 Å². The third-order valence-corrected chi connectivity index (χ3v) is 6.35. The first-order valence-corrected chi connectivity index (χ1v) is 12.3. The highest BCUT2D eigenvalue weighted by Gasteiger charge is 2.22. The average Bonchev–Trinajstić information content (AvgIpc) is 2.74. The summed E-state index contributed by atoms with van der Waals surface area (Å²) in [5.41, 5.74) is 13.0. The van der Waals surface area contributed by atoms with Gasteiger partial charge in [-0.15, -0.1) is 10.2 Å². The lowest BCUT2D eigenvalue weighted by Gasteiger charge is -2.10. The molecule has 6 N–H and O–H groups in total. The number of nitrogens with zero attached hydrogens (tertiary/aromatic N) is 4. The molecule has 3 aromatic rings. The van der Waals surface area contributed by atoms with E-state index in [1.807, 2.05) is 26.0 Å². The van der Waals surface area contributed by atoms with Crippen molar-refractivity contribution < 1.29 is 25.9 Å². The standard InChI is InChI=1S/C20H20N6O6S2/c1-11-6-7-12(2)15(8-11)24-25-16-10-17(34(30,31)32)19(22)20(18(16)21)26-23-13-4-3-5-14(9-13)33(27,28)29/h3-10H,21-22H2,1-2H3,(H,27,28,29)(H,30,31,32). The van der Waals surface area contributed by atoms with Crippen LogP contribution in [0.25, 0.3) is 0 Å². The quantitative estimate of drug-likeness (QED) is 0.207. The van der Waals surface area contributed by atoms with Crippen molar-refractivity contribution >= 4 is 54.4 Å². The molecule has 0 heterocycles. The van der Waals surface area contributed by atoms with Gasteiger partial charge >= 0.3 is 0 Å². The van der Waals surface area contributed by atoms with Gasteiger partial charge in [-0.3, -0.25) is 9.11 Å². The molecule has 3 aromatic carbocycles. The minimum absolute atomic E-state index is 0.00949. The number of aryl methyl sites for hydroxylation is 2. The third kappa shape index (κ3) is 5.60. The molecule has 0 bridgehead atoms. The molecule has 12 nitrogen and oxygen atoms in total. The fraction of sp³-hybridized carbons (Fsp3) is 0.100. The largest absolute Gasteiger partial charge is 0.396 e. The fourth-order valence-electron chi connectivity index (χ4n) is 2.82. The Balaban J connectivity index is 2.15. The van der Waals surface area contributed by atoms with E-state index in [1.165, 1.54) is 12.1 Å². The molecule has 0 atom stereocenters. The molecule has 34 heavy (non-hydrogen) atoms. The van der Waals surface area contributed by atoms with Crippen molar-refractivity contribution in [1.29, 1.82) is 0 Å². The van der Waals surface area contributed by atoms with E-state index in [0.29, 0.717) is 5.69 Å². The molecule has 0 amide bonds. The van der Waals surface area contributed by atoms with E-state index in [0.717, 1.165) is 29.3 Å². The van der Waals surface area contributed by atoms with Crippen molar-refractivity contribution in [2.45, 2.75) is 23.6 Å². The maximum absolute atomic E-state index is 11.9. The van der Waals surface area contributed by atoms with Crippen LogP contribution < -0.4 is 11.5 Å². The van der Waals surface area contributed by atoms with Crippen LogP contribution in [0, 0.1) is 13.8 Å². The van der Waals surface area contributed by atoms with Crippen molar-refractivity contribution in [3.63, 3.8) is 0 Å². The number of benzene rings is 3. The Hall–Kier alpha value is -3.72. The Kier molecular flexibility index (Phi) is 6.79. The summed E-state index contributed by atoms with van der Waals surface area (Å²) in [6, 6.07) is 11.3. The molecule has 0 aromatic heterocycles. The van der Waals surface area contributed by atoms with Gasteiger partial charge in [0.2, 0.25) is 0 Å². The maximum atomic E-state index is 11.9. The summed E-state index contributed by atoms with van der Waals surface area (Å²) in [4.78, 5) is -1.14. The maximum Gasteiger partial charge on any atom is 0.296 e. The van der Waals surface area contributed by atoms with Gasteiger partial charge in [-0.25, -0.2) is 0 Å². The summed E-state index contributed by atoms with van der Waals surface area (Å²) in [7, 11) is -9.29. The van der Waals surface area contributed by atoms with Crippen LogP contribution in [0.5, 0.6) is 0 Å². The van der Waals surface area contributed by atoms with Crippen LogP contribution in [0.3, 0.4) is 0 Å². The lowest BCUT2D eigenvalue weighted by Crippen LogP contribution is -2.05. The fourth-order valence-corrected chi connectivity index (χ4v) is 3.97. The van der Waals surface area contributed by atoms with Gasteiger partial charge in [0.05, 0.1) is 27.6 Å². The highest BCUT2D eigenvalue weighted by molar-refractivity contribution is 7.86. The van der Waals surface area contributed by atoms with Crippen LogP contribution in [0.2, 0.25) is 0 Å². The number of nitrogens with two attached hydrogens (primary N) is 2. The monoisotopic (exact) mass is 504 g/mol. The summed E-state index contributed by atoms with van der Waals surface area (Å²) in [6.07, 6.45) is 0. The number of nitrogen functional groups attached to an aromatic ring is 2. The van der Waals surface area contributed by atoms with Crippen molar-refractivity contribution in [3.8, 4) is 0 Å². The van der Waals surface area contributed by atoms with Crippen molar-refractivity contribution in [1.82, 2.24) is 0 Å². The van der Waals surface area contributed by atoms with Crippen LogP contribution in [-0.2, 0) is 20.2 Å². The molecule has 0 fully saturated rings. The topological polar surface area (TPSA) is 210 Å². The highest BCUT2D eigenvalue weighted by Crippen LogP contribution is 2.43. The summed E-state index contributed by atoms with van der Waals surface area (Å²) in [5.74, 6) is 0. The highest BCUT2D eigenvalue weighted by atomic mass is 32.2. The Morgan fingerprint density at radius 1 is 0.735 bits per heavy atom. The summed E-state index contributed by atoms with van der Waals surface area (Å²) >= 11 is 0. The van der Waals surface area contributed by atoms with E-state index in [2.05, 4.69) is 20.5 Å². The van der Waals surface area contributed by atoms with Crippen LogP contribution >= 0.6 is 0 Å². The first-order chi connectivity index (χ1) is 15.8. The van der Waals surface area contributed by atoms with Gasteiger partial charge in [0.15, 0.2) is 0 Å². The molecule has 0 saturated heterocycles. The van der Waals surface area contributed by atoms with Gasteiger partial charge < -0.3 is 11.5 Å². The van der Waals surface area contributed by atoms with Crippen molar-refractivity contribution in [2.24, 2.45) is 20.5 Å². The number of azo groups is 2. The van der Waals surface area contributed by atoms with Gasteiger partial charge in [-0.05, 0) is 55.3 Å². The molecule has 0 unspecified atom stereocenters. The number of hydrogen-bond acceptors (Lipinski definition) is 10. The number of anilines is 2. The van der Waals surface area contributed by atoms with Gasteiger partial charge in [-0.1, -0.05) is 18.2 Å². The Labute approximate surface area is 195 Å². The molecular weight excluding hydrogens is 484 g/mol. The molecular formula is C20H20N6O6S2. The molecule has 0 saturated carbocycles. The second-order valence-corrected chi connectivity index (χ2v) is 10.0. The Morgan fingerprint density at radius 3 is 2.06 bits per heavy atom. The van der Waals surface area contributed by atoms with Crippen molar-refractivity contribution in [3.05, 3.63) is 59.7 Å². The first kappa shape index (κ1) is 24.9. The van der Waals surface area contributed by atoms with E-state index in [1.54, 1.807) is 6.07 Å². The minimum atomic E-state index is -4.80. The lowest BCUT2D eigenvalue weighted by atomic mass is 10.1. The molecule has 0 aliphatic carbocycles. The molecule has 3 rings (SSSR count). The first-order valence-electron chi connectivity index (χ1n) is 9.45. The lowest BCUT2D eigenvalue weighted by molar-refractivity contribution is 0.481. The zero-order valence-electron chi connectivity index (χ0n) is 17.9. The van der Waals surface area contributed by atoms with Crippen molar-refractivity contribution in [2.75, 3.05) is 11.5 Å². The second-order valence-electron chi connectivity index (χ2n) is 7.21. The molecule has 178 valence electrons. The molecule has 0 aliphatic heterocycles. The normalized spacial score (nSPS) is 12.6. The van der Waals surface area contributed by atoms with Gasteiger partial charge in [0, 0.05) is 0 Å². The minimum Gasteiger partial charge on any atom is -0.396 e. The average molecular weight is 505 g/mol. The molecule has 14 heteroatoms. The SMILES string of the molecule is Cc1ccc(C)c(N=Nc2cc(S(=O)(=O)O)c(N)c(N=Nc3cccc(S(=O)(=O)O)c3)c2N)c1.